The summed E-state index contributed by atoms with van der Waals surface area (Å²) in [6.07, 6.45) is 0. The van der Waals surface area contributed by atoms with Gasteiger partial charge < -0.3 is 9.13 Å². The lowest BCUT2D eigenvalue weighted by atomic mass is 9.98. The summed E-state index contributed by atoms with van der Waals surface area (Å²) in [4.78, 5) is 10.4. The smallest absolute Gasteiger partial charge is 0.160 e. The first-order valence-corrected chi connectivity index (χ1v) is 19.4. The van der Waals surface area contributed by atoms with E-state index in [0.29, 0.717) is 22.8 Å². The summed E-state index contributed by atoms with van der Waals surface area (Å²) in [5, 5.41) is 15.4. The van der Waals surface area contributed by atoms with Crippen molar-refractivity contribution in [3.8, 4) is 62.5 Å². The molecule has 5 heteroatoms. The van der Waals surface area contributed by atoms with Gasteiger partial charge in [0.15, 0.2) is 5.82 Å². The number of fused-ring (bicyclic) bond motifs is 6. The number of nitrogens with zero attached hydrogens (tertiary/aromatic N) is 5. The molecule has 0 saturated carbocycles. The van der Waals surface area contributed by atoms with E-state index in [4.69, 9.17) is 9.97 Å². The highest BCUT2D eigenvalue weighted by molar-refractivity contribution is 6.19. The quantitative estimate of drug-likeness (QED) is 0.171. The number of hydrogen-bond donors (Lipinski definition) is 0. The molecule has 8 aromatic carbocycles. The van der Waals surface area contributed by atoms with Crippen molar-refractivity contribution in [2.75, 3.05) is 0 Å². The minimum atomic E-state index is 0.445. The van der Waals surface area contributed by atoms with Crippen molar-refractivity contribution in [3.63, 3.8) is 0 Å². The van der Waals surface area contributed by atoms with Crippen LogP contribution in [0, 0.1) is 11.3 Å². The fraction of sp³-hybridized carbons (Fsp3) is 0. The van der Waals surface area contributed by atoms with E-state index in [1.807, 2.05) is 66.7 Å². The monoisotopic (exact) mass is 739 g/mol. The summed E-state index contributed by atoms with van der Waals surface area (Å²) in [5.74, 6) is 0.545. The van der Waals surface area contributed by atoms with Crippen LogP contribution in [0.15, 0.2) is 200 Å². The van der Waals surface area contributed by atoms with Crippen molar-refractivity contribution in [1.29, 1.82) is 5.26 Å². The van der Waals surface area contributed by atoms with Gasteiger partial charge in [-0.2, -0.15) is 5.26 Å². The maximum Gasteiger partial charge on any atom is 0.160 e. The molecule has 0 bridgehead atoms. The molecule has 0 unspecified atom stereocenters. The molecular weight excluding hydrogens is 707 g/mol. The van der Waals surface area contributed by atoms with Gasteiger partial charge in [0.05, 0.1) is 33.5 Å². The Hall–Kier alpha value is -8.07. The van der Waals surface area contributed by atoms with Crippen molar-refractivity contribution in [2.45, 2.75) is 0 Å². The number of aromatic nitrogens is 4. The van der Waals surface area contributed by atoms with Gasteiger partial charge in [0.25, 0.3) is 0 Å². The second kappa shape index (κ2) is 13.6. The molecule has 0 aliphatic heterocycles. The van der Waals surface area contributed by atoms with E-state index >= 15 is 0 Å². The average Bonchev–Trinajstić information content (AvgIpc) is 3.80. The number of benzene rings is 8. The van der Waals surface area contributed by atoms with Crippen LogP contribution in [0.3, 0.4) is 0 Å². The number of para-hydroxylation sites is 3. The topological polar surface area (TPSA) is 59.4 Å². The van der Waals surface area contributed by atoms with E-state index in [9.17, 15) is 5.26 Å². The highest BCUT2D eigenvalue weighted by Crippen LogP contribution is 2.41. The maximum atomic E-state index is 10.6. The molecule has 11 aromatic rings. The van der Waals surface area contributed by atoms with Crippen molar-refractivity contribution < 1.29 is 0 Å². The summed E-state index contributed by atoms with van der Waals surface area (Å²) in [6.45, 7) is 0. The highest BCUT2D eigenvalue weighted by Gasteiger charge is 2.22. The largest absolute Gasteiger partial charge is 0.309 e. The summed E-state index contributed by atoms with van der Waals surface area (Å²) in [5.41, 5.74) is 12.9. The zero-order valence-electron chi connectivity index (χ0n) is 31.3. The molecule has 0 radical (unpaired) electrons. The Morgan fingerprint density at radius 3 is 1.33 bits per heavy atom. The van der Waals surface area contributed by atoms with Crippen LogP contribution >= 0.6 is 0 Å². The van der Waals surface area contributed by atoms with Crippen LogP contribution in [0.25, 0.3) is 100 Å². The molecule has 0 atom stereocenters. The standard InChI is InChI=1S/C53H33N5/c54-34-46-51(36-19-7-2-8-20-36)55-53(56-52(46)37-21-9-3-10-22-37)39-29-38(35-17-5-1-6-18-35)30-41(31-39)58-48-28-16-14-26-43(48)45-32-44-42-25-13-15-27-47(42)57(49(44)33-50(45)58)40-23-11-4-12-24-40/h1-33H. The van der Waals surface area contributed by atoms with Gasteiger partial charge in [-0.3, -0.25) is 0 Å². The van der Waals surface area contributed by atoms with Gasteiger partial charge in [-0.25, -0.2) is 9.97 Å². The lowest BCUT2D eigenvalue weighted by Crippen LogP contribution is -2.02. The van der Waals surface area contributed by atoms with Crippen LogP contribution in [-0.4, -0.2) is 19.1 Å². The van der Waals surface area contributed by atoms with Gasteiger partial charge in [0, 0.05) is 49.6 Å². The zero-order chi connectivity index (χ0) is 38.6. The Kier molecular flexibility index (Phi) is 7.80. The molecule has 0 aliphatic carbocycles. The van der Waals surface area contributed by atoms with Crippen LogP contribution in [0.1, 0.15) is 5.56 Å². The minimum absolute atomic E-state index is 0.445. The first-order chi connectivity index (χ1) is 28.7. The Morgan fingerprint density at radius 1 is 0.345 bits per heavy atom. The molecule has 0 fully saturated rings. The van der Waals surface area contributed by atoms with Crippen molar-refractivity contribution >= 4 is 43.6 Å². The van der Waals surface area contributed by atoms with E-state index in [0.717, 1.165) is 55.7 Å². The van der Waals surface area contributed by atoms with E-state index < -0.39 is 0 Å². The van der Waals surface area contributed by atoms with Gasteiger partial charge in [0.1, 0.15) is 11.6 Å². The predicted octanol–water partition coefficient (Wildman–Crippen LogP) is 13.2. The molecule has 11 rings (SSSR count). The van der Waals surface area contributed by atoms with Crippen LogP contribution in [0.4, 0.5) is 0 Å². The molecule has 5 nitrogen and oxygen atoms in total. The summed E-state index contributed by atoms with van der Waals surface area (Å²) in [6, 6.07) is 72.1. The SMILES string of the molecule is N#Cc1c(-c2ccccc2)nc(-c2cc(-c3ccccc3)cc(-n3c4ccccc4c4cc5c6ccccc6n(-c6ccccc6)c5cc43)c2)nc1-c1ccccc1. The number of rotatable bonds is 6. The van der Waals surface area contributed by atoms with Crippen molar-refractivity contribution in [1.82, 2.24) is 19.1 Å². The summed E-state index contributed by atoms with van der Waals surface area (Å²) in [7, 11) is 0. The molecule has 0 spiro atoms. The van der Waals surface area contributed by atoms with E-state index in [1.54, 1.807) is 0 Å². The summed E-state index contributed by atoms with van der Waals surface area (Å²) >= 11 is 0. The van der Waals surface area contributed by atoms with E-state index in [-0.39, 0.29) is 0 Å². The third-order valence-electron chi connectivity index (χ3n) is 11.1. The van der Waals surface area contributed by atoms with Gasteiger partial charge in [-0.15, -0.1) is 0 Å². The Labute approximate surface area is 335 Å². The lowest BCUT2D eigenvalue weighted by molar-refractivity contribution is 1.15. The van der Waals surface area contributed by atoms with E-state index in [1.165, 1.54) is 27.1 Å². The second-order valence-electron chi connectivity index (χ2n) is 14.5. The van der Waals surface area contributed by atoms with Crippen molar-refractivity contribution in [3.05, 3.63) is 206 Å². The zero-order valence-corrected chi connectivity index (χ0v) is 31.3. The third-order valence-corrected chi connectivity index (χ3v) is 11.1. The molecule has 58 heavy (non-hydrogen) atoms. The Bertz CT molecular complexity index is 3320. The molecule has 0 N–H and O–H groups in total. The van der Waals surface area contributed by atoms with Crippen LogP contribution in [0.5, 0.6) is 0 Å². The highest BCUT2D eigenvalue weighted by atomic mass is 15.0. The van der Waals surface area contributed by atoms with Gasteiger partial charge >= 0.3 is 0 Å². The van der Waals surface area contributed by atoms with Crippen molar-refractivity contribution in [2.24, 2.45) is 0 Å². The Balaban J connectivity index is 1.23. The molecule has 3 heterocycles. The normalized spacial score (nSPS) is 11.4. The molecular formula is C53H33N5. The number of nitriles is 1. The Morgan fingerprint density at radius 2 is 0.793 bits per heavy atom. The summed E-state index contributed by atoms with van der Waals surface area (Å²) < 4.78 is 4.76. The lowest BCUT2D eigenvalue weighted by Gasteiger charge is -2.16. The number of hydrogen-bond acceptors (Lipinski definition) is 3. The first kappa shape index (κ1) is 33.3. The van der Waals surface area contributed by atoms with Gasteiger partial charge in [-0.05, 0) is 65.7 Å². The van der Waals surface area contributed by atoms with Gasteiger partial charge in [0.2, 0.25) is 0 Å². The van der Waals surface area contributed by atoms with E-state index in [2.05, 4.69) is 149 Å². The maximum absolute atomic E-state index is 10.6. The first-order valence-electron chi connectivity index (χ1n) is 19.4. The van der Waals surface area contributed by atoms with Crippen LogP contribution in [-0.2, 0) is 0 Å². The molecule has 0 saturated heterocycles. The van der Waals surface area contributed by atoms with Crippen LogP contribution in [0.2, 0.25) is 0 Å². The second-order valence-corrected chi connectivity index (χ2v) is 14.5. The molecule has 0 amide bonds. The molecule has 270 valence electrons. The fourth-order valence-electron chi connectivity index (χ4n) is 8.54. The average molecular weight is 740 g/mol. The third kappa shape index (κ3) is 5.39. The van der Waals surface area contributed by atoms with Crippen LogP contribution < -0.4 is 0 Å². The predicted molar refractivity (Wildman–Crippen MR) is 237 cm³/mol. The minimum Gasteiger partial charge on any atom is -0.309 e. The fourth-order valence-corrected chi connectivity index (χ4v) is 8.54. The van der Waals surface area contributed by atoms with Gasteiger partial charge in [-0.1, -0.05) is 146 Å². The molecule has 0 aliphatic rings. The molecule has 3 aromatic heterocycles.